The van der Waals surface area contributed by atoms with E-state index < -0.39 is 8.65 Å². The topological polar surface area (TPSA) is 18.5 Å². The Kier molecular flexibility index (Phi) is 8.09. The second-order valence-corrected chi connectivity index (χ2v) is 21.6. The lowest BCUT2D eigenvalue weighted by Crippen LogP contribution is -2.22. The maximum absolute atomic E-state index is 7.16. The molecule has 2 aromatic carbocycles. The highest BCUT2D eigenvalue weighted by Crippen LogP contribution is 2.88. The van der Waals surface area contributed by atoms with Crippen molar-refractivity contribution >= 4 is 88.9 Å². The van der Waals surface area contributed by atoms with E-state index in [9.17, 15) is 0 Å². The van der Waals surface area contributed by atoms with Gasteiger partial charge in [-0.2, -0.15) is 25.3 Å². The fourth-order valence-electron chi connectivity index (χ4n) is 5.85. The fraction of sp³-hybridized carbons (Fsp3) is 0.481. The van der Waals surface area contributed by atoms with E-state index in [0.29, 0.717) is 16.4 Å². The number of rotatable bonds is 7. The van der Waals surface area contributed by atoms with Crippen LogP contribution in [-0.2, 0) is 0 Å². The van der Waals surface area contributed by atoms with Gasteiger partial charge in [0.25, 0.3) is 0 Å². The van der Waals surface area contributed by atoms with Gasteiger partial charge < -0.3 is 8.37 Å². The summed E-state index contributed by atoms with van der Waals surface area (Å²) in [6, 6.07) is 10.9. The first-order valence-electron chi connectivity index (χ1n) is 12.8. The summed E-state index contributed by atoms with van der Waals surface area (Å²) in [5, 5.41) is 6.37. The predicted octanol–water partition coefficient (Wildman–Crippen LogP) is 8.88. The predicted molar refractivity (Wildman–Crippen MR) is 177 cm³/mol. The molecular formula is C27H34O2S7. The quantitative estimate of drug-likeness (QED) is 0.142. The third-order valence-electron chi connectivity index (χ3n) is 7.58. The van der Waals surface area contributed by atoms with Crippen LogP contribution in [0.15, 0.2) is 40.1 Å². The Balaban J connectivity index is 1.45. The molecule has 5 unspecified atom stereocenters. The molecule has 9 heteroatoms. The molecule has 1 spiro atoms. The Bertz CT molecular complexity index is 1230. The highest BCUT2D eigenvalue weighted by molar-refractivity contribution is 9.29. The van der Waals surface area contributed by atoms with Crippen molar-refractivity contribution in [2.24, 2.45) is 0 Å². The van der Waals surface area contributed by atoms with E-state index in [1.165, 1.54) is 42.4 Å². The highest BCUT2D eigenvalue weighted by atomic mass is 33.6. The van der Waals surface area contributed by atoms with Gasteiger partial charge in [0.15, 0.2) is 11.5 Å². The summed E-state index contributed by atoms with van der Waals surface area (Å²) < 4.78 is 14.2. The summed E-state index contributed by atoms with van der Waals surface area (Å²) in [6.45, 7) is 0. The Morgan fingerprint density at radius 3 is 2.19 bits per heavy atom. The third kappa shape index (κ3) is 4.64. The van der Waals surface area contributed by atoms with Crippen molar-refractivity contribution < 1.29 is 8.37 Å². The van der Waals surface area contributed by atoms with Crippen LogP contribution in [0.1, 0.15) is 74.0 Å². The Morgan fingerprint density at radius 2 is 1.53 bits per heavy atom. The normalized spacial score (nSPS) is 31.2. The zero-order valence-electron chi connectivity index (χ0n) is 20.2. The molecule has 2 aromatic rings. The largest absolute Gasteiger partial charge is 0.364 e. The zero-order chi connectivity index (χ0) is 24.9. The van der Waals surface area contributed by atoms with Gasteiger partial charge >= 0.3 is 0 Å². The van der Waals surface area contributed by atoms with Gasteiger partial charge in [-0.25, -0.2) is 0 Å². The highest BCUT2D eigenvalue weighted by Gasteiger charge is 2.54. The summed E-state index contributed by atoms with van der Waals surface area (Å²) in [6.07, 6.45) is 9.76. The van der Waals surface area contributed by atoms with E-state index in [2.05, 4.69) is 72.9 Å². The first-order valence-corrected chi connectivity index (χ1v) is 20.2. The molecule has 2 fully saturated rings. The van der Waals surface area contributed by atoms with Crippen LogP contribution in [-0.4, -0.2) is 32.7 Å². The summed E-state index contributed by atoms with van der Waals surface area (Å²) in [5.74, 6) is 4.26. The molecule has 3 heterocycles. The van der Waals surface area contributed by atoms with Crippen molar-refractivity contribution in [3.63, 3.8) is 0 Å². The lowest BCUT2D eigenvalue weighted by molar-refractivity contribution is 0.518. The first kappa shape index (κ1) is 26.5. The molecule has 2 nitrogen and oxygen atoms in total. The molecule has 0 bridgehead atoms. The second kappa shape index (κ2) is 11.0. The monoisotopic (exact) mass is 614 g/mol. The average Bonchev–Trinajstić information content (AvgIpc) is 3.15. The minimum absolute atomic E-state index is 0.0361. The minimum Gasteiger partial charge on any atom is -0.364 e. The Labute approximate surface area is 243 Å². The molecule has 0 amide bonds. The van der Waals surface area contributed by atoms with E-state index in [1.54, 1.807) is 0 Å². The van der Waals surface area contributed by atoms with E-state index in [-0.39, 0.29) is 19.0 Å². The van der Waals surface area contributed by atoms with Crippen molar-refractivity contribution in [2.75, 3.05) is 11.5 Å². The number of thiol groups is 4. The number of benzene rings is 2. The van der Waals surface area contributed by atoms with Crippen molar-refractivity contribution in [2.45, 2.75) is 77.6 Å². The van der Waals surface area contributed by atoms with Crippen LogP contribution in [0.3, 0.4) is 0 Å². The number of hydrogen-bond acceptors (Lipinski definition) is 6. The van der Waals surface area contributed by atoms with Gasteiger partial charge in [-0.3, -0.25) is 0 Å². The lowest BCUT2D eigenvalue weighted by Gasteiger charge is -2.47. The van der Waals surface area contributed by atoms with Gasteiger partial charge in [0.1, 0.15) is 0 Å². The minimum atomic E-state index is -1.80. The van der Waals surface area contributed by atoms with Crippen LogP contribution >= 0.6 is 78.2 Å². The molecule has 6 rings (SSSR count). The van der Waals surface area contributed by atoms with E-state index in [1.807, 2.05) is 6.07 Å². The summed E-state index contributed by atoms with van der Waals surface area (Å²) in [7, 11) is -1.87. The van der Waals surface area contributed by atoms with Crippen LogP contribution in [0.5, 0.6) is 11.5 Å². The summed E-state index contributed by atoms with van der Waals surface area (Å²) in [5.41, 5.74) is 3.80. The Hall–Kier alpha value is 0.230. The van der Waals surface area contributed by atoms with Gasteiger partial charge in [-0.05, 0) is 130 Å². The maximum Gasteiger partial charge on any atom is 0.175 e. The third-order valence-corrected chi connectivity index (χ3v) is 22.5. The van der Waals surface area contributed by atoms with Crippen LogP contribution in [0.4, 0.5) is 0 Å². The molecule has 1 saturated carbocycles. The molecule has 1 aliphatic carbocycles. The molecule has 196 valence electrons. The molecule has 36 heavy (non-hydrogen) atoms. The van der Waals surface area contributed by atoms with E-state index in [0.717, 1.165) is 58.5 Å². The molecular weight excluding hydrogens is 581 g/mol. The molecule has 0 N–H and O–H groups in total. The maximum atomic E-state index is 7.16. The molecule has 0 radical (unpaired) electrons. The molecule has 3 aliphatic heterocycles. The first-order chi connectivity index (χ1) is 17.5. The fourth-order valence-corrected chi connectivity index (χ4v) is 24.0. The van der Waals surface area contributed by atoms with Crippen molar-refractivity contribution in [1.82, 2.24) is 0 Å². The molecule has 0 aromatic heterocycles. The van der Waals surface area contributed by atoms with Crippen molar-refractivity contribution in [1.29, 1.82) is 0 Å². The van der Waals surface area contributed by atoms with E-state index in [4.69, 9.17) is 21.0 Å². The molecule has 1 saturated heterocycles. The second-order valence-electron chi connectivity index (χ2n) is 9.94. The molecule has 5 atom stereocenters. The molecule has 4 aliphatic rings. The smallest absolute Gasteiger partial charge is 0.175 e. The standard InChI is InChI=1S/C27H34O2S7/c30-11-3-5-18(6-4-12-31)19-13-21-17-35-26-8-2-1-7-25(26)34-16-20-14-22(32)9-10-23(20)28-36(34,35)29-27(21)24(33)15-19/h9-10,13-18,25-26,30-33H,1-8,11-12H2. The van der Waals surface area contributed by atoms with Gasteiger partial charge in [-0.15, -0.1) is 25.3 Å². The van der Waals surface area contributed by atoms with Crippen molar-refractivity contribution in [3.05, 3.63) is 47.0 Å². The van der Waals surface area contributed by atoms with Crippen molar-refractivity contribution in [3.8, 4) is 11.5 Å². The SMILES string of the molecule is SCCCC(CCCS)c1cc(S)c2c(c1)C=S1C3CCCCC3S3=Cc4cc(S)ccc4OS31O2. The van der Waals surface area contributed by atoms with Gasteiger partial charge in [0.2, 0.25) is 0 Å². The van der Waals surface area contributed by atoms with Crippen LogP contribution < -0.4 is 8.37 Å². The van der Waals surface area contributed by atoms with Crippen LogP contribution in [0, 0.1) is 0 Å². The average molecular weight is 615 g/mol. The van der Waals surface area contributed by atoms with Gasteiger partial charge in [0.05, 0.1) is 4.90 Å². The zero-order valence-corrected chi connectivity index (χ0v) is 26.2. The lowest BCUT2D eigenvalue weighted by atomic mass is 9.89. The van der Waals surface area contributed by atoms with E-state index >= 15 is 0 Å². The number of hydrogen-bond donors (Lipinski definition) is 4. The van der Waals surface area contributed by atoms with Gasteiger partial charge in [-0.1, -0.05) is 12.8 Å². The van der Waals surface area contributed by atoms with Crippen LogP contribution in [0.2, 0.25) is 0 Å². The summed E-state index contributed by atoms with van der Waals surface area (Å²) >= 11 is 18.6. The number of fused-ring (bicyclic) bond motifs is 5. The Morgan fingerprint density at radius 1 is 0.861 bits per heavy atom. The summed E-state index contributed by atoms with van der Waals surface area (Å²) in [4.78, 5) is 1.93. The van der Waals surface area contributed by atoms with Gasteiger partial charge in [0, 0.05) is 26.5 Å². The van der Waals surface area contributed by atoms with Crippen LogP contribution in [0.25, 0.3) is 0 Å².